The first kappa shape index (κ1) is 29.8. The molecule has 13 heteroatoms. The third-order valence-corrected chi connectivity index (χ3v) is 8.02. The molecule has 0 saturated heterocycles. The summed E-state index contributed by atoms with van der Waals surface area (Å²) in [7, 11) is 1.58. The van der Waals surface area contributed by atoms with Gasteiger partial charge < -0.3 is 14.5 Å². The Morgan fingerprint density at radius 3 is 2.36 bits per heavy atom. The molecule has 1 aliphatic heterocycles. The van der Waals surface area contributed by atoms with Gasteiger partial charge in [-0.15, -0.1) is 10.2 Å². The van der Waals surface area contributed by atoms with Gasteiger partial charge in [0.1, 0.15) is 17.4 Å². The summed E-state index contributed by atoms with van der Waals surface area (Å²) >= 11 is 1.12. The van der Waals surface area contributed by atoms with Crippen LogP contribution in [0.15, 0.2) is 106 Å². The maximum atomic E-state index is 13.8. The first-order valence-corrected chi connectivity index (χ1v) is 14.8. The minimum atomic E-state index is -0.446. The summed E-state index contributed by atoms with van der Waals surface area (Å²) in [5.41, 5.74) is 2.83. The molecule has 45 heavy (non-hydrogen) atoms. The normalized spacial score (nSPS) is 14.3. The van der Waals surface area contributed by atoms with E-state index in [0.29, 0.717) is 34.6 Å². The Hall–Kier alpha value is -5.30. The predicted octanol–water partition coefficient (Wildman–Crippen LogP) is 5.55. The highest BCUT2D eigenvalue weighted by Crippen LogP contribution is 2.34. The number of hydrogen-bond donors (Lipinski definition) is 1. The highest BCUT2D eigenvalue weighted by atomic mass is 32.2. The fourth-order valence-electron chi connectivity index (χ4n) is 4.85. The first-order chi connectivity index (χ1) is 21.9. The Kier molecular flexibility index (Phi) is 8.69. The van der Waals surface area contributed by atoms with Crippen LogP contribution in [0, 0.1) is 11.6 Å². The van der Waals surface area contributed by atoms with E-state index in [1.54, 1.807) is 42.0 Å². The number of hydrazone groups is 1. The number of carbonyl (C=O) groups excluding carboxylic acids is 2. The molecule has 10 nitrogen and oxygen atoms in total. The average molecular weight is 629 g/mol. The number of methoxy groups -OCH3 is 1. The lowest BCUT2D eigenvalue weighted by Gasteiger charge is -2.22. The second-order valence-corrected chi connectivity index (χ2v) is 10.9. The number of nitrogens with zero attached hydrogens (tertiary/aromatic N) is 5. The smallest absolute Gasteiger partial charge is 0.287 e. The van der Waals surface area contributed by atoms with Crippen molar-refractivity contribution in [2.75, 3.05) is 12.9 Å². The number of halogens is 2. The second kappa shape index (κ2) is 13.1. The number of rotatable bonds is 10. The van der Waals surface area contributed by atoms with Crippen molar-refractivity contribution in [3.63, 3.8) is 0 Å². The molecule has 1 atom stereocenters. The van der Waals surface area contributed by atoms with E-state index >= 15 is 0 Å². The first-order valence-electron chi connectivity index (χ1n) is 13.8. The number of benzene rings is 3. The van der Waals surface area contributed by atoms with E-state index in [2.05, 4.69) is 20.6 Å². The van der Waals surface area contributed by atoms with Crippen LogP contribution >= 0.6 is 11.8 Å². The number of ether oxygens (including phenoxy) is 1. The molecule has 3 heterocycles. The van der Waals surface area contributed by atoms with Gasteiger partial charge in [0.25, 0.3) is 11.8 Å². The third-order valence-electron chi connectivity index (χ3n) is 7.11. The van der Waals surface area contributed by atoms with Crippen LogP contribution in [0.5, 0.6) is 5.75 Å². The molecule has 1 aliphatic rings. The van der Waals surface area contributed by atoms with Crippen molar-refractivity contribution in [1.29, 1.82) is 0 Å². The van der Waals surface area contributed by atoms with Crippen molar-refractivity contribution in [2.45, 2.75) is 24.2 Å². The van der Waals surface area contributed by atoms with Gasteiger partial charge in [0.05, 0.1) is 37.4 Å². The lowest BCUT2D eigenvalue weighted by atomic mass is 9.98. The SMILES string of the molecule is COc1ccc(C2=NN(C(=O)CSc3nnc(CNC(=O)c4ccco4)n3-c3ccc(F)cc3)[C@@H](c3ccc(F)cc3)C2)cc1. The number of nitrogens with one attached hydrogen (secondary N) is 1. The predicted molar refractivity (Wildman–Crippen MR) is 162 cm³/mol. The minimum absolute atomic E-state index is 0.00725. The molecule has 0 spiro atoms. The molecule has 0 unspecified atom stereocenters. The van der Waals surface area contributed by atoms with Gasteiger partial charge in [-0.2, -0.15) is 5.10 Å². The van der Waals surface area contributed by atoms with Gasteiger partial charge in [-0.05, 0) is 83.9 Å². The third kappa shape index (κ3) is 6.63. The topological polar surface area (TPSA) is 115 Å². The summed E-state index contributed by atoms with van der Waals surface area (Å²) in [5.74, 6) is -0.408. The molecule has 2 aromatic heterocycles. The van der Waals surface area contributed by atoms with E-state index in [9.17, 15) is 18.4 Å². The highest BCUT2D eigenvalue weighted by molar-refractivity contribution is 7.99. The fourth-order valence-corrected chi connectivity index (χ4v) is 5.67. The van der Waals surface area contributed by atoms with Crippen molar-refractivity contribution >= 4 is 29.3 Å². The van der Waals surface area contributed by atoms with Crippen LogP contribution in [0.2, 0.25) is 0 Å². The second-order valence-electron chi connectivity index (χ2n) is 9.94. The van der Waals surface area contributed by atoms with E-state index in [-0.39, 0.29) is 29.8 Å². The minimum Gasteiger partial charge on any atom is -0.497 e. The summed E-state index contributed by atoms with van der Waals surface area (Å²) < 4.78 is 39.5. The Labute approximate surface area is 260 Å². The van der Waals surface area contributed by atoms with Gasteiger partial charge in [0.15, 0.2) is 16.7 Å². The quantitative estimate of drug-likeness (QED) is 0.202. The zero-order valence-corrected chi connectivity index (χ0v) is 24.7. The summed E-state index contributed by atoms with van der Waals surface area (Å²) in [6, 6.07) is 21.8. The lowest BCUT2D eigenvalue weighted by molar-refractivity contribution is -0.130. The van der Waals surface area contributed by atoms with E-state index in [4.69, 9.17) is 9.15 Å². The molecule has 0 bridgehead atoms. The monoisotopic (exact) mass is 628 g/mol. The van der Waals surface area contributed by atoms with Crippen molar-refractivity contribution in [1.82, 2.24) is 25.1 Å². The molecule has 0 saturated carbocycles. The zero-order valence-electron chi connectivity index (χ0n) is 23.9. The molecule has 1 N–H and O–H groups in total. The largest absolute Gasteiger partial charge is 0.497 e. The number of hydrogen-bond acceptors (Lipinski definition) is 8. The molecular weight excluding hydrogens is 602 g/mol. The van der Waals surface area contributed by atoms with Crippen LogP contribution in [0.25, 0.3) is 5.69 Å². The van der Waals surface area contributed by atoms with Crippen LogP contribution in [-0.2, 0) is 11.3 Å². The van der Waals surface area contributed by atoms with Gasteiger partial charge >= 0.3 is 0 Å². The van der Waals surface area contributed by atoms with Crippen LogP contribution in [0.3, 0.4) is 0 Å². The summed E-state index contributed by atoms with van der Waals surface area (Å²) in [4.78, 5) is 26.2. The molecule has 3 aromatic carbocycles. The number of thioether (sulfide) groups is 1. The Morgan fingerprint density at radius 1 is 0.978 bits per heavy atom. The number of amides is 2. The maximum Gasteiger partial charge on any atom is 0.287 e. The number of carbonyl (C=O) groups is 2. The Balaban J connectivity index is 1.24. The van der Waals surface area contributed by atoms with Crippen LogP contribution in [0.1, 0.15) is 40.0 Å². The molecule has 0 radical (unpaired) electrons. The standard InChI is InChI=1S/C32H26F2N6O4S/c1-43-25-14-6-20(7-15-25)26-17-27(21-4-8-22(33)9-5-21)40(38-26)30(41)19-45-32-37-36-29(18-35-31(42)28-3-2-16-44-28)39(32)24-12-10-23(34)11-13-24/h2-16,27H,17-19H2,1H3,(H,35,42)/t27-/m1/s1. The summed E-state index contributed by atoms with van der Waals surface area (Å²) in [6.07, 6.45) is 1.83. The molecular formula is C32H26F2N6O4S. The van der Waals surface area contributed by atoms with E-state index < -0.39 is 17.8 Å². The van der Waals surface area contributed by atoms with Crippen LogP contribution in [0.4, 0.5) is 8.78 Å². The summed E-state index contributed by atoms with van der Waals surface area (Å²) in [6.45, 7) is -0.00725. The average Bonchev–Trinajstić information content (AvgIpc) is 3.84. The maximum absolute atomic E-state index is 13.8. The van der Waals surface area contributed by atoms with Crippen molar-refractivity contribution in [3.05, 3.63) is 126 Å². The van der Waals surface area contributed by atoms with Gasteiger partial charge in [-0.1, -0.05) is 23.9 Å². The number of aromatic nitrogens is 3. The highest BCUT2D eigenvalue weighted by Gasteiger charge is 2.33. The molecule has 2 amide bonds. The zero-order chi connectivity index (χ0) is 31.3. The van der Waals surface area contributed by atoms with E-state index in [0.717, 1.165) is 22.9 Å². The fraction of sp³-hybridized carbons (Fsp3) is 0.156. The van der Waals surface area contributed by atoms with Crippen molar-refractivity contribution in [3.8, 4) is 11.4 Å². The molecule has 5 aromatic rings. The van der Waals surface area contributed by atoms with Crippen molar-refractivity contribution in [2.24, 2.45) is 5.10 Å². The number of furan rings is 1. The van der Waals surface area contributed by atoms with Gasteiger partial charge in [0.2, 0.25) is 0 Å². The van der Waals surface area contributed by atoms with Crippen LogP contribution < -0.4 is 10.1 Å². The van der Waals surface area contributed by atoms with Gasteiger partial charge in [-0.25, -0.2) is 13.8 Å². The molecule has 228 valence electrons. The molecule has 0 fully saturated rings. The van der Waals surface area contributed by atoms with Crippen LogP contribution in [-0.4, -0.2) is 50.2 Å². The molecule has 0 aliphatic carbocycles. The van der Waals surface area contributed by atoms with E-state index in [1.165, 1.54) is 41.6 Å². The van der Waals surface area contributed by atoms with Gasteiger partial charge in [-0.3, -0.25) is 14.2 Å². The summed E-state index contributed by atoms with van der Waals surface area (Å²) in [5, 5.41) is 17.7. The Bertz CT molecular complexity index is 1830. The van der Waals surface area contributed by atoms with Gasteiger partial charge in [0, 0.05) is 12.1 Å². The molecule has 6 rings (SSSR count). The lowest BCUT2D eigenvalue weighted by Crippen LogP contribution is -2.28. The van der Waals surface area contributed by atoms with E-state index in [1.807, 2.05) is 24.3 Å². The Morgan fingerprint density at radius 2 is 1.69 bits per heavy atom. The van der Waals surface area contributed by atoms with Crippen molar-refractivity contribution < 1.29 is 27.5 Å².